The third-order valence-electron chi connectivity index (χ3n) is 0.327. The van der Waals surface area contributed by atoms with Crippen LogP contribution in [-0.2, 0) is 10.1 Å². The molecule has 0 heterocycles. The average Bonchev–Trinajstić information content (AvgIpc) is 1.30. The minimum atomic E-state index is -4.06. The lowest BCUT2D eigenvalue weighted by molar-refractivity contribution is 0.465. The summed E-state index contributed by atoms with van der Waals surface area (Å²) in [6, 6.07) is 0. The monoisotopic (exact) mass is 143 g/mol. The lowest BCUT2D eigenvalue weighted by atomic mass is 11.0. The van der Waals surface area contributed by atoms with E-state index >= 15 is 0 Å². The zero-order chi connectivity index (χ0) is 5.91. The summed E-state index contributed by atoms with van der Waals surface area (Å²) in [7, 11) is -4.06. The summed E-state index contributed by atoms with van der Waals surface area (Å²) in [5.74, 6) is -0.597. The smallest absolute Gasteiger partial charge is 0.0957 e. The third kappa shape index (κ3) is 6.20. The zero-order valence-corrected chi connectivity index (χ0v) is 5.00. The normalized spacial score (nSPS) is 11.7. The van der Waals surface area contributed by atoms with Gasteiger partial charge in [-0.3, -0.25) is 0 Å². The molecule has 0 aromatic heterocycles. The van der Waals surface area contributed by atoms with Crippen LogP contribution in [-0.4, -0.2) is 24.6 Å². The quantitative estimate of drug-likeness (QED) is 0.396. The molecule has 0 atom stereocenters. The maximum atomic E-state index is 9.59. The van der Waals surface area contributed by atoms with Crippen LogP contribution in [0.3, 0.4) is 0 Å². The SMILES string of the molecule is O=S(=O)([O-])CCCl. The minimum Gasteiger partial charge on any atom is -0.748 e. The van der Waals surface area contributed by atoms with Gasteiger partial charge in [-0.05, 0) is 0 Å². The Kier molecular flexibility index (Phi) is 2.56. The van der Waals surface area contributed by atoms with Crippen molar-refractivity contribution in [3.05, 3.63) is 0 Å². The van der Waals surface area contributed by atoms with Gasteiger partial charge in [0.15, 0.2) is 0 Å². The topological polar surface area (TPSA) is 57.2 Å². The zero-order valence-electron chi connectivity index (χ0n) is 3.43. The second-order valence-electron chi connectivity index (χ2n) is 0.951. The molecule has 3 nitrogen and oxygen atoms in total. The summed E-state index contributed by atoms with van der Waals surface area (Å²) in [4.78, 5) is 0. The lowest BCUT2D eigenvalue weighted by Crippen LogP contribution is -2.04. The summed E-state index contributed by atoms with van der Waals surface area (Å²) in [6.45, 7) is 0. The van der Waals surface area contributed by atoms with Crippen LogP contribution in [0.25, 0.3) is 0 Å². The molecular formula is C2H4ClO3S-. The molecule has 0 aromatic carbocycles. The Balaban J connectivity index is 3.60. The summed E-state index contributed by atoms with van der Waals surface area (Å²) in [5.41, 5.74) is 0. The van der Waals surface area contributed by atoms with Gasteiger partial charge < -0.3 is 4.55 Å². The van der Waals surface area contributed by atoms with Crippen molar-refractivity contribution in [2.75, 3.05) is 11.6 Å². The number of rotatable bonds is 2. The Hall–Kier alpha value is 0.200. The van der Waals surface area contributed by atoms with Gasteiger partial charge in [-0.25, -0.2) is 8.42 Å². The molecule has 0 rings (SSSR count). The first-order valence-corrected chi connectivity index (χ1v) is 3.67. The second-order valence-corrected chi connectivity index (χ2v) is 2.85. The summed E-state index contributed by atoms with van der Waals surface area (Å²) in [5, 5.41) is 0. The minimum absolute atomic E-state index is 0.119. The van der Waals surface area contributed by atoms with E-state index in [1.165, 1.54) is 0 Å². The van der Waals surface area contributed by atoms with E-state index in [1.807, 2.05) is 0 Å². The second kappa shape index (κ2) is 2.49. The largest absolute Gasteiger partial charge is 0.748 e. The van der Waals surface area contributed by atoms with Crippen molar-refractivity contribution in [1.82, 2.24) is 0 Å². The van der Waals surface area contributed by atoms with E-state index in [1.54, 1.807) is 0 Å². The van der Waals surface area contributed by atoms with Crippen LogP contribution in [0.2, 0.25) is 0 Å². The molecule has 0 aliphatic heterocycles. The van der Waals surface area contributed by atoms with Crippen molar-refractivity contribution in [2.24, 2.45) is 0 Å². The van der Waals surface area contributed by atoms with Gasteiger partial charge in [0.1, 0.15) is 0 Å². The van der Waals surface area contributed by atoms with Crippen LogP contribution >= 0.6 is 11.6 Å². The maximum absolute atomic E-state index is 9.59. The van der Waals surface area contributed by atoms with Crippen molar-refractivity contribution in [2.45, 2.75) is 0 Å². The molecule has 0 amide bonds. The molecule has 0 unspecified atom stereocenters. The van der Waals surface area contributed by atoms with Gasteiger partial charge in [0, 0.05) is 5.88 Å². The molecule has 0 bridgehead atoms. The van der Waals surface area contributed by atoms with Crippen molar-refractivity contribution < 1.29 is 13.0 Å². The fraction of sp³-hybridized carbons (Fsp3) is 1.00. The summed E-state index contributed by atoms with van der Waals surface area (Å²) >= 11 is 4.91. The fourth-order valence-electron chi connectivity index (χ4n) is 0.0945. The van der Waals surface area contributed by atoms with Crippen LogP contribution in [0.1, 0.15) is 0 Å². The van der Waals surface area contributed by atoms with Crippen molar-refractivity contribution in [1.29, 1.82) is 0 Å². The van der Waals surface area contributed by atoms with Gasteiger partial charge in [0.2, 0.25) is 0 Å². The molecule has 0 saturated heterocycles. The first kappa shape index (κ1) is 7.20. The molecule has 5 heteroatoms. The molecular weight excluding hydrogens is 140 g/mol. The van der Waals surface area contributed by atoms with E-state index in [-0.39, 0.29) is 5.88 Å². The van der Waals surface area contributed by atoms with Crippen molar-refractivity contribution in [3.63, 3.8) is 0 Å². The van der Waals surface area contributed by atoms with Gasteiger partial charge in [0.05, 0.1) is 15.9 Å². The van der Waals surface area contributed by atoms with Gasteiger partial charge >= 0.3 is 0 Å². The standard InChI is InChI=1S/C2H5ClO3S/c3-1-2-7(4,5)6/h1-2H2,(H,4,5,6)/p-1. The highest BCUT2D eigenvalue weighted by Gasteiger charge is 1.88. The van der Waals surface area contributed by atoms with Crippen LogP contribution in [0.5, 0.6) is 0 Å². The van der Waals surface area contributed by atoms with Crippen molar-refractivity contribution in [3.8, 4) is 0 Å². The highest BCUT2D eigenvalue weighted by atomic mass is 35.5. The van der Waals surface area contributed by atoms with E-state index < -0.39 is 15.9 Å². The molecule has 0 radical (unpaired) electrons. The third-order valence-corrected chi connectivity index (χ3v) is 1.44. The fourth-order valence-corrected chi connectivity index (χ4v) is 0.850. The molecule has 44 valence electrons. The van der Waals surface area contributed by atoms with E-state index in [9.17, 15) is 13.0 Å². The van der Waals surface area contributed by atoms with Crippen LogP contribution < -0.4 is 0 Å². The van der Waals surface area contributed by atoms with Gasteiger partial charge in [-0.15, -0.1) is 11.6 Å². The Morgan fingerprint density at radius 3 is 2.00 bits per heavy atom. The highest BCUT2D eigenvalue weighted by Crippen LogP contribution is 1.82. The van der Waals surface area contributed by atoms with Gasteiger partial charge in [0.25, 0.3) is 0 Å². The Morgan fingerprint density at radius 1 is 1.57 bits per heavy atom. The molecule has 0 aliphatic carbocycles. The Labute approximate surface area is 47.0 Å². The molecule has 0 fully saturated rings. The summed E-state index contributed by atoms with van der Waals surface area (Å²) in [6.07, 6.45) is 0. The maximum Gasteiger partial charge on any atom is 0.0957 e. The number of hydrogen-bond donors (Lipinski definition) is 0. The molecule has 0 N–H and O–H groups in total. The predicted octanol–water partition coefficient (Wildman–Crippen LogP) is -0.230. The Morgan fingerprint density at radius 2 is 2.00 bits per heavy atom. The van der Waals surface area contributed by atoms with Crippen LogP contribution in [0.15, 0.2) is 0 Å². The van der Waals surface area contributed by atoms with Gasteiger partial charge in [-0.2, -0.15) is 0 Å². The lowest BCUT2D eigenvalue weighted by Gasteiger charge is -2.00. The average molecular weight is 144 g/mol. The first-order chi connectivity index (χ1) is 3.06. The first-order valence-electron chi connectivity index (χ1n) is 1.56. The van der Waals surface area contributed by atoms with Crippen molar-refractivity contribution >= 4 is 21.7 Å². The molecule has 0 aromatic rings. The predicted molar refractivity (Wildman–Crippen MR) is 25.3 cm³/mol. The number of alkyl halides is 1. The van der Waals surface area contributed by atoms with Gasteiger partial charge in [-0.1, -0.05) is 0 Å². The molecule has 0 saturated carbocycles. The van der Waals surface area contributed by atoms with E-state index in [2.05, 4.69) is 0 Å². The molecule has 7 heavy (non-hydrogen) atoms. The molecule has 0 spiro atoms. The number of halogens is 1. The summed E-state index contributed by atoms with van der Waals surface area (Å²) < 4.78 is 28.8. The highest BCUT2D eigenvalue weighted by molar-refractivity contribution is 7.85. The van der Waals surface area contributed by atoms with Crippen LogP contribution in [0.4, 0.5) is 0 Å². The van der Waals surface area contributed by atoms with Crippen LogP contribution in [0, 0.1) is 0 Å². The van der Waals surface area contributed by atoms with E-state index in [0.717, 1.165) is 0 Å². The Bertz CT molecular complexity index is 126. The van der Waals surface area contributed by atoms with E-state index in [4.69, 9.17) is 11.6 Å². The molecule has 0 aliphatic rings. The van der Waals surface area contributed by atoms with E-state index in [0.29, 0.717) is 0 Å². The number of hydrogen-bond acceptors (Lipinski definition) is 3.